The SMILES string of the molecule is CC1CCN(c2ccc(-c3nnc(C4(c5ccccc5)CC4)n3C)c(Cl)c2)CC1. The molecule has 1 aliphatic carbocycles. The van der Waals surface area contributed by atoms with Gasteiger partial charge in [0.25, 0.3) is 0 Å². The molecular weight excluding hydrogens is 380 g/mol. The smallest absolute Gasteiger partial charge is 0.165 e. The third-order valence-electron chi connectivity index (χ3n) is 6.72. The molecule has 0 bridgehead atoms. The highest BCUT2D eigenvalue weighted by atomic mass is 35.5. The molecule has 2 heterocycles. The molecule has 5 rings (SSSR count). The van der Waals surface area contributed by atoms with E-state index in [1.165, 1.54) is 24.1 Å². The Labute approximate surface area is 177 Å². The van der Waals surface area contributed by atoms with Crippen molar-refractivity contribution >= 4 is 17.3 Å². The molecule has 2 aromatic carbocycles. The maximum Gasteiger partial charge on any atom is 0.165 e. The minimum Gasteiger partial charge on any atom is -0.371 e. The fourth-order valence-corrected chi connectivity index (χ4v) is 4.91. The van der Waals surface area contributed by atoms with Crippen LogP contribution in [0.5, 0.6) is 0 Å². The number of anilines is 1. The van der Waals surface area contributed by atoms with E-state index in [9.17, 15) is 0 Å². The highest BCUT2D eigenvalue weighted by Crippen LogP contribution is 2.53. The van der Waals surface area contributed by atoms with Gasteiger partial charge in [0.2, 0.25) is 0 Å². The number of hydrogen-bond acceptors (Lipinski definition) is 3. The van der Waals surface area contributed by atoms with Crippen molar-refractivity contribution in [3.05, 3.63) is 64.9 Å². The van der Waals surface area contributed by atoms with Crippen LogP contribution < -0.4 is 4.90 Å². The molecule has 0 amide bonds. The first-order chi connectivity index (χ1) is 14.1. The highest BCUT2D eigenvalue weighted by Gasteiger charge is 2.49. The van der Waals surface area contributed by atoms with Crippen molar-refractivity contribution in [2.75, 3.05) is 18.0 Å². The molecule has 3 aromatic rings. The number of aromatic nitrogens is 3. The summed E-state index contributed by atoms with van der Waals surface area (Å²) >= 11 is 6.73. The topological polar surface area (TPSA) is 34.0 Å². The van der Waals surface area contributed by atoms with Crippen molar-refractivity contribution in [2.24, 2.45) is 13.0 Å². The standard InChI is InChI=1S/C24H27ClN4/c1-17-10-14-29(15-11-17)19-8-9-20(21(25)16-19)22-26-27-23(28(22)2)24(12-13-24)18-6-4-3-5-7-18/h3-9,16-17H,10-15H2,1-2H3. The lowest BCUT2D eigenvalue weighted by Crippen LogP contribution is -2.32. The molecule has 0 atom stereocenters. The van der Waals surface area contributed by atoms with Crippen LogP contribution in [0, 0.1) is 5.92 Å². The fourth-order valence-electron chi connectivity index (χ4n) is 4.65. The summed E-state index contributed by atoms with van der Waals surface area (Å²) in [5.41, 5.74) is 3.47. The second-order valence-corrected chi connectivity index (χ2v) is 9.10. The average Bonchev–Trinajstić information content (AvgIpc) is 3.46. The van der Waals surface area contributed by atoms with Crippen LogP contribution in [0.4, 0.5) is 5.69 Å². The molecule has 1 saturated carbocycles. The fraction of sp³-hybridized carbons (Fsp3) is 0.417. The van der Waals surface area contributed by atoms with Crippen molar-refractivity contribution in [2.45, 2.75) is 38.0 Å². The zero-order valence-corrected chi connectivity index (χ0v) is 17.9. The van der Waals surface area contributed by atoms with Gasteiger partial charge in [-0.3, -0.25) is 0 Å². The van der Waals surface area contributed by atoms with Crippen molar-refractivity contribution < 1.29 is 0 Å². The predicted molar refractivity (Wildman–Crippen MR) is 119 cm³/mol. The third-order valence-corrected chi connectivity index (χ3v) is 7.03. The lowest BCUT2D eigenvalue weighted by molar-refractivity contribution is 0.438. The summed E-state index contributed by atoms with van der Waals surface area (Å²) in [6.07, 6.45) is 4.72. The molecule has 2 fully saturated rings. The minimum atomic E-state index is -0.00181. The van der Waals surface area contributed by atoms with Crippen molar-refractivity contribution in [1.29, 1.82) is 0 Å². The van der Waals surface area contributed by atoms with Gasteiger partial charge in [-0.25, -0.2) is 0 Å². The number of nitrogens with zero attached hydrogens (tertiary/aromatic N) is 4. The van der Waals surface area contributed by atoms with Gasteiger partial charge in [-0.15, -0.1) is 10.2 Å². The molecule has 1 saturated heterocycles. The van der Waals surface area contributed by atoms with Crippen molar-refractivity contribution in [3.63, 3.8) is 0 Å². The van der Waals surface area contributed by atoms with Crippen LogP contribution in [-0.4, -0.2) is 27.9 Å². The molecule has 0 spiro atoms. The van der Waals surface area contributed by atoms with E-state index in [1.807, 2.05) is 0 Å². The quantitative estimate of drug-likeness (QED) is 0.577. The van der Waals surface area contributed by atoms with Gasteiger partial charge in [-0.2, -0.15) is 0 Å². The molecule has 1 aliphatic heterocycles. The van der Waals surface area contributed by atoms with E-state index in [2.05, 4.69) is 82.2 Å². The number of halogens is 1. The third kappa shape index (κ3) is 3.24. The second-order valence-electron chi connectivity index (χ2n) is 8.69. The molecular formula is C24H27ClN4. The van der Waals surface area contributed by atoms with Gasteiger partial charge in [0.15, 0.2) is 5.82 Å². The zero-order chi connectivity index (χ0) is 20.0. The van der Waals surface area contributed by atoms with Crippen LogP contribution in [0.1, 0.15) is 44.0 Å². The summed E-state index contributed by atoms with van der Waals surface area (Å²) in [4.78, 5) is 2.44. The summed E-state index contributed by atoms with van der Waals surface area (Å²) in [6.45, 7) is 4.54. The van der Waals surface area contributed by atoms with Crippen LogP contribution in [0.2, 0.25) is 5.02 Å². The van der Waals surface area contributed by atoms with E-state index in [0.717, 1.165) is 54.1 Å². The normalized spacial score (nSPS) is 18.8. The van der Waals surface area contributed by atoms with Crippen molar-refractivity contribution in [3.8, 4) is 11.4 Å². The van der Waals surface area contributed by atoms with Crippen LogP contribution >= 0.6 is 11.6 Å². The summed E-state index contributed by atoms with van der Waals surface area (Å²) in [7, 11) is 2.06. The molecule has 2 aliphatic rings. The van der Waals surface area contributed by atoms with Crippen LogP contribution in [0.25, 0.3) is 11.4 Å². The average molecular weight is 407 g/mol. The summed E-state index contributed by atoms with van der Waals surface area (Å²) in [5, 5.41) is 9.90. The first-order valence-corrected chi connectivity index (χ1v) is 11.0. The van der Waals surface area contributed by atoms with Crippen molar-refractivity contribution in [1.82, 2.24) is 14.8 Å². The van der Waals surface area contributed by atoms with Gasteiger partial charge in [-0.05, 0) is 55.4 Å². The first-order valence-electron chi connectivity index (χ1n) is 10.6. The first kappa shape index (κ1) is 18.7. The Bertz CT molecular complexity index is 1010. The monoisotopic (exact) mass is 406 g/mol. The number of benzene rings is 2. The molecule has 5 heteroatoms. The van der Waals surface area contributed by atoms with E-state index >= 15 is 0 Å². The van der Waals surface area contributed by atoms with E-state index in [0.29, 0.717) is 0 Å². The summed E-state index contributed by atoms with van der Waals surface area (Å²) < 4.78 is 2.13. The highest BCUT2D eigenvalue weighted by molar-refractivity contribution is 6.33. The Balaban J connectivity index is 1.45. The van der Waals surface area contributed by atoms with Crippen LogP contribution in [0.15, 0.2) is 48.5 Å². The molecule has 4 nitrogen and oxygen atoms in total. The van der Waals surface area contributed by atoms with Gasteiger partial charge in [-0.1, -0.05) is 48.9 Å². The van der Waals surface area contributed by atoms with E-state index in [4.69, 9.17) is 11.6 Å². The molecule has 0 radical (unpaired) electrons. The molecule has 1 aromatic heterocycles. The molecule has 0 N–H and O–H groups in total. The maximum absolute atomic E-state index is 6.73. The van der Waals surface area contributed by atoms with Crippen LogP contribution in [-0.2, 0) is 12.5 Å². The van der Waals surface area contributed by atoms with Gasteiger partial charge in [0.1, 0.15) is 5.82 Å². The van der Waals surface area contributed by atoms with E-state index in [-0.39, 0.29) is 5.41 Å². The van der Waals surface area contributed by atoms with Gasteiger partial charge in [0.05, 0.1) is 10.4 Å². The summed E-state index contributed by atoms with van der Waals surface area (Å²) in [6, 6.07) is 17.0. The number of piperidine rings is 1. The van der Waals surface area contributed by atoms with Gasteiger partial charge < -0.3 is 9.47 Å². The Morgan fingerprint density at radius 3 is 2.38 bits per heavy atom. The van der Waals surface area contributed by atoms with E-state index in [1.54, 1.807) is 0 Å². The van der Waals surface area contributed by atoms with Crippen LogP contribution in [0.3, 0.4) is 0 Å². The molecule has 0 unspecified atom stereocenters. The Hall–Kier alpha value is -2.33. The Morgan fingerprint density at radius 2 is 1.72 bits per heavy atom. The van der Waals surface area contributed by atoms with Gasteiger partial charge >= 0.3 is 0 Å². The lowest BCUT2D eigenvalue weighted by Gasteiger charge is -2.32. The lowest BCUT2D eigenvalue weighted by atomic mass is 9.95. The predicted octanol–water partition coefficient (Wildman–Crippen LogP) is 5.45. The van der Waals surface area contributed by atoms with E-state index < -0.39 is 0 Å². The Kier molecular flexibility index (Phi) is 4.62. The largest absolute Gasteiger partial charge is 0.371 e. The Morgan fingerprint density at radius 1 is 1.00 bits per heavy atom. The minimum absolute atomic E-state index is 0.00181. The second kappa shape index (κ2) is 7.17. The summed E-state index contributed by atoms with van der Waals surface area (Å²) in [5.74, 6) is 2.69. The molecule has 150 valence electrons. The number of hydrogen-bond donors (Lipinski definition) is 0. The molecule has 29 heavy (non-hydrogen) atoms. The van der Waals surface area contributed by atoms with Gasteiger partial charge in [0, 0.05) is 31.4 Å². The zero-order valence-electron chi connectivity index (χ0n) is 17.1. The maximum atomic E-state index is 6.73. The number of rotatable bonds is 4.